The van der Waals surface area contributed by atoms with Crippen molar-refractivity contribution >= 4 is 23.0 Å². The molecule has 2 fully saturated rings. The molecule has 5 heterocycles. The van der Waals surface area contributed by atoms with Crippen LogP contribution in [-0.4, -0.2) is 62.3 Å². The molecule has 6 rings (SSSR count). The number of pyridine rings is 1. The summed E-state index contributed by atoms with van der Waals surface area (Å²) in [6.45, 7) is 4.17. The quantitative estimate of drug-likeness (QED) is 0.519. The van der Waals surface area contributed by atoms with Crippen LogP contribution in [0.5, 0.6) is 0 Å². The fourth-order valence-electron chi connectivity index (χ4n) is 5.74. The highest BCUT2D eigenvalue weighted by Crippen LogP contribution is 2.47. The molecular formula is C26H31F2N7. The van der Waals surface area contributed by atoms with Crippen LogP contribution in [0.1, 0.15) is 56.9 Å². The number of halogens is 2. The maximum absolute atomic E-state index is 13.2. The molecule has 9 heteroatoms. The van der Waals surface area contributed by atoms with E-state index >= 15 is 0 Å². The molecule has 0 spiro atoms. The molecule has 1 saturated heterocycles. The Morgan fingerprint density at radius 1 is 1.11 bits per heavy atom. The number of hydrogen-bond acceptors (Lipinski definition) is 6. The number of hydrogen-bond donors (Lipinski definition) is 1. The highest BCUT2D eigenvalue weighted by atomic mass is 19.3. The number of aromatic nitrogens is 4. The van der Waals surface area contributed by atoms with Crippen molar-refractivity contribution in [2.24, 2.45) is 10.9 Å². The van der Waals surface area contributed by atoms with E-state index in [1.807, 2.05) is 36.1 Å². The number of aliphatic imine (C=N–C) groups is 1. The van der Waals surface area contributed by atoms with E-state index < -0.39 is 5.92 Å². The predicted octanol–water partition coefficient (Wildman–Crippen LogP) is 5.31. The van der Waals surface area contributed by atoms with Crippen molar-refractivity contribution in [2.45, 2.75) is 63.3 Å². The molecule has 184 valence electrons. The smallest absolute Gasteiger partial charge is 0.248 e. The van der Waals surface area contributed by atoms with Crippen LogP contribution in [0.2, 0.25) is 0 Å². The second-order valence-corrected chi connectivity index (χ2v) is 10.5. The zero-order valence-corrected chi connectivity index (χ0v) is 20.2. The lowest BCUT2D eigenvalue weighted by Gasteiger charge is -2.35. The molecule has 1 atom stereocenters. The number of alkyl halides is 2. The minimum Gasteiger partial charge on any atom is -0.350 e. The molecule has 1 saturated carbocycles. The minimum absolute atomic E-state index is 0.0203. The highest BCUT2D eigenvalue weighted by Gasteiger charge is 2.45. The lowest BCUT2D eigenvalue weighted by molar-refractivity contribution is -0.112. The Morgan fingerprint density at radius 3 is 2.69 bits per heavy atom. The molecule has 3 aliphatic rings. The number of nitrogens with zero attached hydrogens (tertiary/aromatic N) is 6. The topological polar surface area (TPSA) is 70.7 Å². The number of fused-ring (bicyclic) bond motifs is 2. The summed E-state index contributed by atoms with van der Waals surface area (Å²) < 4.78 is 28.4. The van der Waals surface area contributed by atoms with E-state index in [1.54, 1.807) is 0 Å². The summed E-state index contributed by atoms with van der Waals surface area (Å²) in [5.41, 5.74) is 5.05. The zero-order valence-electron chi connectivity index (χ0n) is 20.2. The fourth-order valence-corrected chi connectivity index (χ4v) is 5.74. The van der Waals surface area contributed by atoms with Gasteiger partial charge in [-0.05, 0) is 70.8 Å². The third-order valence-corrected chi connectivity index (χ3v) is 7.87. The first-order valence-corrected chi connectivity index (χ1v) is 12.6. The molecule has 1 unspecified atom stereocenters. The van der Waals surface area contributed by atoms with E-state index in [0.717, 1.165) is 72.5 Å². The number of nitrogens with one attached hydrogen (secondary N) is 1. The molecule has 3 aromatic rings. The molecule has 2 aliphatic heterocycles. The van der Waals surface area contributed by atoms with E-state index in [0.29, 0.717) is 12.0 Å². The Labute approximate surface area is 203 Å². The number of piperidine rings is 1. The lowest BCUT2D eigenvalue weighted by atomic mass is 9.76. The third-order valence-electron chi connectivity index (χ3n) is 7.87. The molecule has 35 heavy (non-hydrogen) atoms. The molecule has 7 nitrogen and oxygen atoms in total. The molecule has 0 amide bonds. The monoisotopic (exact) mass is 479 g/mol. The molecule has 1 aliphatic carbocycles. The van der Waals surface area contributed by atoms with E-state index in [2.05, 4.69) is 43.4 Å². The van der Waals surface area contributed by atoms with Gasteiger partial charge in [-0.3, -0.25) is 0 Å². The average molecular weight is 480 g/mol. The van der Waals surface area contributed by atoms with Crippen LogP contribution < -0.4 is 5.32 Å². The third kappa shape index (κ3) is 4.42. The van der Waals surface area contributed by atoms with Gasteiger partial charge >= 0.3 is 0 Å². The Kier molecular flexibility index (Phi) is 5.55. The van der Waals surface area contributed by atoms with Gasteiger partial charge in [0.1, 0.15) is 0 Å². The van der Waals surface area contributed by atoms with E-state index in [1.165, 1.54) is 0 Å². The van der Waals surface area contributed by atoms with Gasteiger partial charge in [0.25, 0.3) is 0 Å². The van der Waals surface area contributed by atoms with Crippen LogP contribution in [-0.2, 0) is 0 Å². The van der Waals surface area contributed by atoms with Gasteiger partial charge in [-0.15, -0.1) is 5.10 Å². The predicted molar refractivity (Wildman–Crippen MR) is 133 cm³/mol. The van der Waals surface area contributed by atoms with E-state index in [4.69, 9.17) is 0 Å². The summed E-state index contributed by atoms with van der Waals surface area (Å²) in [5.74, 6) is -0.812. The van der Waals surface area contributed by atoms with Crippen molar-refractivity contribution in [3.05, 3.63) is 36.3 Å². The van der Waals surface area contributed by atoms with E-state index in [-0.39, 0.29) is 24.7 Å². The van der Waals surface area contributed by atoms with Crippen LogP contribution >= 0.6 is 0 Å². The molecule has 0 radical (unpaired) electrons. The van der Waals surface area contributed by atoms with Gasteiger partial charge in [-0.1, -0.05) is 0 Å². The molecule has 1 N–H and O–H groups in total. The van der Waals surface area contributed by atoms with Gasteiger partial charge < -0.3 is 10.2 Å². The van der Waals surface area contributed by atoms with Crippen molar-refractivity contribution in [1.82, 2.24) is 24.5 Å². The highest BCUT2D eigenvalue weighted by molar-refractivity contribution is 5.96. The molecule has 3 aromatic heterocycles. The Bertz CT molecular complexity index is 1270. The van der Waals surface area contributed by atoms with Crippen LogP contribution in [0.15, 0.2) is 35.7 Å². The summed E-state index contributed by atoms with van der Waals surface area (Å²) in [6.07, 6.45) is 9.51. The van der Waals surface area contributed by atoms with Crippen LogP contribution in [0.3, 0.4) is 0 Å². The molecule has 0 bridgehead atoms. The van der Waals surface area contributed by atoms with Crippen LogP contribution in [0.4, 0.5) is 20.5 Å². The van der Waals surface area contributed by atoms with Gasteiger partial charge in [0.15, 0.2) is 5.82 Å². The minimum atomic E-state index is -2.46. The maximum Gasteiger partial charge on any atom is 0.248 e. The standard InChI is InChI=1S/C26H31F2N7/c1-16-20(4-3-17-12-26(27,28)13-17)22-11-18(14-29-24(22)31-16)21-7-10-35-23(21)15-30-25(33-35)32-19-5-8-34(2)9-6-19/h7,10-11,14-15,17,19-20H,3-6,8-9,12-13H2,1-2H3,(H,32,33). The Balaban J connectivity index is 1.20. The van der Waals surface area contributed by atoms with Crippen molar-refractivity contribution in [3.8, 4) is 11.1 Å². The lowest BCUT2D eigenvalue weighted by Crippen LogP contribution is -2.37. The largest absolute Gasteiger partial charge is 0.350 e. The number of likely N-dealkylation sites (tertiary alicyclic amines) is 1. The summed E-state index contributed by atoms with van der Waals surface area (Å²) in [4.78, 5) is 16.2. The first-order chi connectivity index (χ1) is 16.8. The first-order valence-electron chi connectivity index (χ1n) is 12.6. The van der Waals surface area contributed by atoms with E-state index in [9.17, 15) is 8.78 Å². The SMILES string of the molecule is CC1=Nc2ncc(-c3ccn4nc(NC5CCN(C)CC5)ncc34)cc2C1CCC1CC(F)(F)C1. The summed E-state index contributed by atoms with van der Waals surface area (Å²) in [7, 11) is 2.15. The van der Waals surface area contributed by atoms with Gasteiger partial charge in [0.05, 0.1) is 11.7 Å². The summed E-state index contributed by atoms with van der Waals surface area (Å²) in [5, 5.41) is 8.17. The zero-order chi connectivity index (χ0) is 24.2. The number of anilines is 1. The second kappa shape index (κ2) is 8.62. The van der Waals surface area contributed by atoms with Gasteiger partial charge in [0.2, 0.25) is 11.9 Å². The first kappa shape index (κ1) is 22.5. The maximum atomic E-state index is 13.2. The van der Waals surface area contributed by atoms with Crippen molar-refractivity contribution in [1.29, 1.82) is 0 Å². The molecule has 0 aromatic carbocycles. The van der Waals surface area contributed by atoms with Gasteiger partial charge in [-0.25, -0.2) is 28.3 Å². The number of rotatable bonds is 6. The van der Waals surface area contributed by atoms with Crippen molar-refractivity contribution in [3.63, 3.8) is 0 Å². The van der Waals surface area contributed by atoms with Crippen molar-refractivity contribution in [2.75, 3.05) is 25.5 Å². The summed E-state index contributed by atoms with van der Waals surface area (Å²) in [6, 6.07) is 4.59. The van der Waals surface area contributed by atoms with Gasteiger partial charge in [0, 0.05) is 59.6 Å². The Hall–Kier alpha value is -2.94. The van der Waals surface area contributed by atoms with Crippen LogP contribution in [0.25, 0.3) is 16.6 Å². The molecular weight excluding hydrogens is 448 g/mol. The van der Waals surface area contributed by atoms with Crippen molar-refractivity contribution < 1.29 is 8.78 Å². The Morgan fingerprint density at radius 2 is 1.91 bits per heavy atom. The fraction of sp³-hybridized carbons (Fsp3) is 0.538. The van der Waals surface area contributed by atoms with Gasteiger partial charge in [-0.2, -0.15) is 0 Å². The normalized spacial score (nSPS) is 22.7. The second-order valence-electron chi connectivity index (χ2n) is 10.5. The van der Waals surface area contributed by atoms with Crippen LogP contribution in [0, 0.1) is 5.92 Å². The summed E-state index contributed by atoms with van der Waals surface area (Å²) >= 11 is 0. The average Bonchev–Trinajstić information content (AvgIpc) is 3.37.